The maximum Gasteiger partial charge on any atom is 0.410 e. The van der Waals surface area contributed by atoms with Crippen molar-refractivity contribution in [3.63, 3.8) is 0 Å². The van der Waals surface area contributed by atoms with E-state index >= 15 is 0 Å². The second-order valence-electron chi connectivity index (χ2n) is 11.1. The van der Waals surface area contributed by atoms with Gasteiger partial charge in [0.25, 0.3) is 0 Å². The van der Waals surface area contributed by atoms with E-state index in [2.05, 4.69) is 9.97 Å². The molecule has 4 rings (SSSR count). The lowest BCUT2D eigenvalue weighted by Gasteiger charge is -2.24. The number of β-amino-alcohol motifs (C(OH)–C–C–N with tert-alkyl or cyclic N) is 2. The number of esters is 2. The SMILES string of the molecule is CCOC(=O)C1CN(C(=O)OC(C)(C)C)CC1O.CCOC(=O)C1CN(c2ncnc3cc(OC)c(OC)cc23)CC1O. The zero-order valence-electron chi connectivity index (χ0n) is 25.7. The van der Waals surface area contributed by atoms with Crippen LogP contribution in [0.1, 0.15) is 34.6 Å². The normalized spacial score (nSPS) is 21.6. The second kappa shape index (κ2) is 14.5. The summed E-state index contributed by atoms with van der Waals surface area (Å²) in [5.74, 6) is -0.371. The van der Waals surface area contributed by atoms with E-state index in [9.17, 15) is 24.6 Å². The third kappa shape index (κ3) is 8.35. The van der Waals surface area contributed by atoms with Crippen LogP contribution >= 0.6 is 0 Å². The Morgan fingerprint density at radius 2 is 1.42 bits per heavy atom. The van der Waals surface area contributed by atoms with Crippen LogP contribution in [0.15, 0.2) is 18.5 Å². The van der Waals surface area contributed by atoms with Crippen LogP contribution in [0.2, 0.25) is 0 Å². The fourth-order valence-corrected chi connectivity index (χ4v) is 4.81. The predicted octanol–water partition coefficient (Wildman–Crippen LogP) is 1.78. The van der Waals surface area contributed by atoms with E-state index in [-0.39, 0.29) is 26.3 Å². The highest BCUT2D eigenvalue weighted by Gasteiger charge is 2.41. The Hall–Kier alpha value is -3.91. The molecular formula is C29H42N4O10. The topological polar surface area (TPSA) is 170 Å². The summed E-state index contributed by atoms with van der Waals surface area (Å²) in [5.41, 5.74) is 0.0982. The molecule has 14 heteroatoms. The van der Waals surface area contributed by atoms with Crippen molar-refractivity contribution in [2.75, 3.05) is 58.5 Å². The molecule has 14 nitrogen and oxygen atoms in total. The Bertz CT molecular complexity index is 1280. The average molecular weight is 607 g/mol. The zero-order chi connectivity index (χ0) is 31.9. The van der Waals surface area contributed by atoms with E-state index in [1.165, 1.54) is 11.2 Å². The van der Waals surface area contributed by atoms with Crippen molar-refractivity contribution in [3.05, 3.63) is 18.5 Å². The minimum absolute atomic E-state index is 0.0956. The molecule has 2 N–H and O–H groups in total. The molecule has 43 heavy (non-hydrogen) atoms. The molecule has 2 aliphatic rings. The van der Waals surface area contributed by atoms with E-state index in [4.69, 9.17) is 23.7 Å². The zero-order valence-corrected chi connectivity index (χ0v) is 25.7. The summed E-state index contributed by atoms with van der Waals surface area (Å²) in [7, 11) is 3.12. The molecule has 238 valence electrons. The Labute approximate surface area is 250 Å². The number of carbonyl (C=O) groups excluding carboxylic acids is 3. The summed E-state index contributed by atoms with van der Waals surface area (Å²) in [6, 6.07) is 3.57. The summed E-state index contributed by atoms with van der Waals surface area (Å²) in [6.45, 7) is 10.1. The highest BCUT2D eigenvalue weighted by molar-refractivity contribution is 5.92. The molecule has 0 bridgehead atoms. The highest BCUT2D eigenvalue weighted by atomic mass is 16.6. The van der Waals surface area contributed by atoms with Gasteiger partial charge in [-0.05, 0) is 40.7 Å². The molecule has 0 saturated carbocycles. The van der Waals surface area contributed by atoms with Crippen molar-refractivity contribution in [3.8, 4) is 11.5 Å². The Balaban J connectivity index is 0.000000250. The number of anilines is 1. The van der Waals surface area contributed by atoms with Crippen LogP contribution in [0.5, 0.6) is 11.5 Å². The molecule has 4 atom stereocenters. The van der Waals surface area contributed by atoms with E-state index < -0.39 is 47.7 Å². The van der Waals surface area contributed by atoms with Crippen LogP contribution in [-0.4, -0.2) is 115 Å². The minimum Gasteiger partial charge on any atom is -0.493 e. The smallest absolute Gasteiger partial charge is 0.410 e. The first kappa shape index (κ1) is 33.6. The molecule has 1 aromatic carbocycles. The van der Waals surface area contributed by atoms with Gasteiger partial charge >= 0.3 is 18.0 Å². The number of ether oxygens (including phenoxy) is 5. The van der Waals surface area contributed by atoms with E-state index in [0.717, 1.165) is 5.39 Å². The number of aromatic nitrogens is 2. The van der Waals surface area contributed by atoms with E-state index in [1.54, 1.807) is 61.0 Å². The van der Waals surface area contributed by atoms with Gasteiger partial charge in [-0.1, -0.05) is 0 Å². The molecule has 2 fully saturated rings. The number of aliphatic hydroxyl groups is 2. The van der Waals surface area contributed by atoms with Gasteiger partial charge in [0.1, 0.15) is 29.6 Å². The number of hydrogen-bond acceptors (Lipinski definition) is 13. The number of amides is 1. The summed E-state index contributed by atoms with van der Waals surface area (Å²) < 4.78 is 25.7. The number of nitrogens with zero attached hydrogens (tertiary/aromatic N) is 4. The van der Waals surface area contributed by atoms with E-state index in [0.29, 0.717) is 35.9 Å². The first-order chi connectivity index (χ1) is 20.3. The molecule has 1 amide bonds. The predicted molar refractivity (Wildman–Crippen MR) is 155 cm³/mol. The highest BCUT2D eigenvalue weighted by Crippen LogP contribution is 2.36. The summed E-state index contributed by atoms with van der Waals surface area (Å²) in [4.78, 5) is 47.1. The van der Waals surface area contributed by atoms with Gasteiger partial charge in [-0.2, -0.15) is 0 Å². The van der Waals surface area contributed by atoms with Gasteiger partial charge in [-0.15, -0.1) is 0 Å². The van der Waals surface area contributed by atoms with Crippen LogP contribution in [0.3, 0.4) is 0 Å². The number of methoxy groups -OCH3 is 2. The maximum atomic E-state index is 12.0. The van der Waals surface area contributed by atoms with Crippen LogP contribution < -0.4 is 14.4 Å². The largest absolute Gasteiger partial charge is 0.493 e. The summed E-state index contributed by atoms with van der Waals surface area (Å²) in [5, 5.41) is 20.8. The summed E-state index contributed by atoms with van der Waals surface area (Å²) >= 11 is 0. The number of hydrogen-bond donors (Lipinski definition) is 2. The van der Waals surface area contributed by atoms with Crippen LogP contribution in [0.4, 0.5) is 10.6 Å². The number of carbonyl (C=O) groups is 3. The fourth-order valence-electron chi connectivity index (χ4n) is 4.81. The molecule has 0 aliphatic carbocycles. The average Bonchev–Trinajstić information content (AvgIpc) is 3.54. The molecule has 1 aromatic heterocycles. The third-order valence-corrected chi connectivity index (χ3v) is 6.83. The van der Waals surface area contributed by atoms with Gasteiger partial charge in [0.2, 0.25) is 0 Å². The monoisotopic (exact) mass is 606 g/mol. The summed E-state index contributed by atoms with van der Waals surface area (Å²) in [6.07, 6.45) is -0.762. The van der Waals surface area contributed by atoms with Gasteiger partial charge in [-0.25, -0.2) is 14.8 Å². The standard InChI is InChI=1S/C17H21N3O5.C12H21NO5/c1-4-25-17(22)11-7-20(8-13(11)21)16-10-5-14(23-2)15(24-3)6-12(10)18-9-19-16;1-5-17-10(15)8-6-13(7-9(8)14)11(16)18-12(2,3)4/h5-6,9,11,13,21H,4,7-8H2,1-3H3;8-9,14H,5-7H2,1-4H3. The molecule has 0 radical (unpaired) electrons. The van der Waals surface area contributed by atoms with Gasteiger partial charge < -0.3 is 43.7 Å². The molecule has 4 unspecified atom stereocenters. The molecule has 2 saturated heterocycles. The number of fused-ring (bicyclic) bond motifs is 1. The number of aliphatic hydroxyl groups excluding tert-OH is 2. The van der Waals surface area contributed by atoms with Gasteiger partial charge in [0.15, 0.2) is 11.5 Å². The quantitative estimate of drug-likeness (QED) is 0.346. The third-order valence-electron chi connectivity index (χ3n) is 6.83. The van der Waals surface area contributed by atoms with Crippen molar-refractivity contribution in [1.29, 1.82) is 0 Å². The lowest BCUT2D eigenvalue weighted by molar-refractivity contribution is -0.151. The van der Waals surface area contributed by atoms with Crippen molar-refractivity contribution >= 4 is 34.8 Å². The first-order valence-corrected chi connectivity index (χ1v) is 14.1. The molecular weight excluding hydrogens is 564 g/mol. The van der Waals surface area contributed by atoms with Crippen LogP contribution in [-0.2, 0) is 23.8 Å². The Morgan fingerprint density at radius 3 is 1.98 bits per heavy atom. The van der Waals surface area contributed by atoms with Crippen molar-refractivity contribution in [2.45, 2.75) is 52.4 Å². The number of likely N-dealkylation sites (tertiary alicyclic amines) is 1. The minimum atomic E-state index is -0.892. The lowest BCUT2D eigenvalue weighted by Crippen LogP contribution is -2.36. The molecule has 3 heterocycles. The second-order valence-corrected chi connectivity index (χ2v) is 11.1. The lowest BCUT2D eigenvalue weighted by atomic mass is 10.1. The van der Waals surface area contributed by atoms with Gasteiger partial charge in [-0.3, -0.25) is 9.59 Å². The molecule has 2 aliphatic heterocycles. The van der Waals surface area contributed by atoms with Crippen molar-refractivity contribution < 1.29 is 48.3 Å². The number of rotatable bonds is 7. The number of benzene rings is 1. The molecule has 2 aromatic rings. The Morgan fingerprint density at radius 1 is 0.860 bits per heavy atom. The Kier molecular flexibility index (Phi) is 11.3. The fraction of sp³-hybridized carbons (Fsp3) is 0.621. The van der Waals surface area contributed by atoms with Crippen molar-refractivity contribution in [2.24, 2.45) is 11.8 Å². The van der Waals surface area contributed by atoms with Crippen molar-refractivity contribution in [1.82, 2.24) is 14.9 Å². The van der Waals surface area contributed by atoms with Crippen LogP contribution in [0.25, 0.3) is 10.9 Å². The van der Waals surface area contributed by atoms with Gasteiger partial charge in [0, 0.05) is 31.1 Å². The maximum absolute atomic E-state index is 12.0. The van der Waals surface area contributed by atoms with Gasteiger partial charge in [0.05, 0.1) is 51.7 Å². The van der Waals surface area contributed by atoms with Crippen LogP contribution in [0, 0.1) is 11.8 Å². The molecule has 0 spiro atoms. The first-order valence-electron chi connectivity index (χ1n) is 14.1. The van der Waals surface area contributed by atoms with E-state index in [1.807, 2.05) is 4.90 Å².